The lowest BCUT2D eigenvalue weighted by atomic mass is 10.2. The smallest absolute Gasteiger partial charge is 0.213 e. The third-order valence-corrected chi connectivity index (χ3v) is 4.87. The van der Waals surface area contributed by atoms with Crippen molar-refractivity contribution in [1.82, 2.24) is 14.6 Å². The van der Waals surface area contributed by atoms with E-state index in [2.05, 4.69) is 26.0 Å². The summed E-state index contributed by atoms with van der Waals surface area (Å²) in [5, 5.41) is 16.1. The molecule has 0 aliphatic carbocycles. The van der Waals surface area contributed by atoms with Gasteiger partial charge in [0.05, 0.1) is 5.69 Å². The van der Waals surface area contributed by atoms with Gasteiger partial charge in [-0.2, -0.15) is 4.98 Å². The standard InChI is InChI=1S/C16H10BrN3OS/c17-13-4-2-1-3-12(13)15-18-16-20(19-15)14(9-22-16)10-5-7-11(21)8-6-10/h1-9,21H. The molecule has 1 N–H and O–H groups in total. The molecule has 22 heavy (non-hydrogen) atoms. The number of hydrogen-bond donors (Lipinski definition) is 1. The van der Waals surface area contributed by atoms with E-state index in [1.54, 1.807) is 23.5 Å². The summed E-state index contributed by atoms with van der Waals surface area (Å²) in [6.45, 7) is 0. The van der Waals surface area contributed by atoms with E-state index in [-0.39, 0.29) is 5.75 Å². The van der Waals surface area contributed by atoms with Gasteiger partial charge in [-0.05, 0) is 36.4 Å². The number of thiazole rings is 1. The van der Waals surface area contributed by atoms with Gasteiger partial charge >= 0.3 is 0 Å². The Labute approximate surface area is 138 Å². The minimum Gasteiger partial charge on any atom is -0.508 e. The van der Waals surface area contributed by atoms with Gasteiger partial charge in [-0.1, -0.05) is 28.1 Å². The van der Waals surface area contributed by atoms with Crippen LogP contribution in [0.5, 0.6) is 5.75 Å². The molecule has 0 unspecified atom stereocenters. The Morgan fingerprint density at radius 3 is 2.59 bits per heavy atom. The SMILES string of the molecule is Oc1ccc(-c2csc3nc(-c4ccccc4Br)nn23)cc1. The van der Waals surface area contributed by atoms with Gasteiger partial charge in [0.25, 0.3) is 0 Å². The maximum Gasteiger partial charge on any atom is 0.213 e. The van der Waals surface area contributed by atoms with Crippen molar-refractivity contribution in [3.8, 4) is 28.4 Å². The Kier molecular flexibility index (Phi) is 3.20. The summed E-state index contributed by atoms with van der Waals surface area (Å²) < 4.78 is 2.81. The van der Waals surface area contributed by atoms with Gasteiger partial charge in [0.1, 0.15) is 5.75 Å². The van der Waals surface area contributed by atoms with E-state index in [0.717, 1.165) is 26.3 Å². The third kappa shape index (κ3) is 2.20. The lowest BCUT2D eigenvalue weighted by Crippen LogP contribution is -1.89. The predicted molar refractivity (Wildman–Crippen MR) is 91.1 cm³/mol. The quantitative estimate of drug-likeness (QED) is 0.560. The van der Waals surface area contributed by atoms with E-state index in [9.17, 15) is 5.11 Å². The highest BCUT2D eigenvalue weighted by atomic mass is 79.9. The van der Waals surface area contributed by atoms with Crippen LogP contribution in [0, 0.1) is 0 Å². The van der Waals surface area contributed by atoms with E-state index in [1.165, 1.54) is 0 Å². The molecule has 2 heterocycles. The van der Waals surface area contributed by atoms with Gasteiger partial charge in [-0.25, -0.2) is 4.52 Å². The van der Waals surface area contributed by atoms with Crippen molar-refractivity contribution in [2.75, 3.05) is 0 Å². The Balaban J connectivity index is 1.86. The zero-order valence-corrected chi connectivity index (χ0v) is 13.7. The van der Waals surface area contributed by atoms with Gasteiger partial charge < -0.3 is 5.11 Å². The molecule has 2 aromatic carbocycles. The minimum atomic E-state index is 0.253. The second-order valence-electron chi connectivity index (χ2n) is 4.78. The minimum absolute atomic E-state index is 0.253. The van der Waals surface area contributed by atoms with Gasteiger partial charge in [0, 0.05) is 21.0 Å². The highest BCUT2D eigenvalue weighted by Gasteiger charge is 2.14. The number of halogens is 1. The van der Waals surface area contributed by atoms with Crippen molar-refractivity contribution in [3.05, 3.63) is 58.4 Å². The van der Waals surface area contributed by atoms with Crippen molar-refractivity contribution >= 4 is 32.2 Å². The number of phenolic OH excluding ortho intramolecular Hbond substituents is 1. The van der Waals surface area contributed by atoms with Crippen LogP contribution < -0.4 is 0 Å². The fourth-order valence-electron chi connectivity index (χ4n) is 2.27. The van der Waals surface area contributed by atoms with Crippen LogP contribution in [0.15, 0.2) is 58.4 Å². The summed E-state index contributed by atoms with van der Waals surface area (Å²) in [5.41, 5.74) is 2.92. The number of aromatic nitrogens is 3. The van der Waals surface area contributed by atoms with Crippen LogP contribution in [-0.2, 0) is 0 Å². The summed E-state index contributed by atoms with van der Waals surface area (Å²) in [5.74, 6) is 0.946. The number of fused-ring (bicyclic) bond motifs is 1. The normalized spacial score (nSPS) is 11.1. The molecule has 108 valence electrons. The number of benzene rings is 2. The first kappa shape index (κ1) is 13.5. The number of hydrogen-bond acceptors (Lipinski definition) is 4. The summed E-state index contributed by atoms with van der Waals surface area (Å²) in [7, 11) is 0. The van der Waals surface area contributed by atoms with E-state index in [4.69, 9.17) is 0 Å². The highest BCUT2D eigenvalue weighted by Crippen LogP contribution is 2.30. The first-order valence-electron chi connectivity index (χ1n) is 6.61. The molecule has 0 aliphatic heterocycles. The average molecular weight is 372 g/mol. The predicted octanol–water partition coefficient (Wildman–Crippen LogP) is 4.59. The molecule has 0 amide bonds. The van der Waals surface area contributed by atoms with Crippen LogP contribution in [0.25, 0.3) is 27.6 Å². The van der Waals surface area contributed by atoms with Crippen molar-refractivity contribution in [2.24, 2.45) is 0 Å². The van der Waals surface area contributed by atoms with Crippen molar-refractivity contribution in [3.63, 3.8) is 0 Å². The fraction of sp³-hybridized carbons (Fsp3) is 0. The van der Waals surface area contributed by atoms with Crippen molar-refractivity contribution in [1.29, 1.82) is 0 Å². The maximum atomic E-state index is 9.41. The molecule has 0 spiro atoms. The Morgan fingerprint density at radius 2 is 1.82 bits per heavy atom. The molecule has 0 aliphatic rings. The largest absolute Gasteiger partial charge is 0.508 e. The second-order valence-corrected chi connectivity index (χ2v) is 6.47. The van der Waals surface area contributed by atoms with E-state index >= 15 is 0 Å². The number of aromatic hydroxyl groups is 1. The van der Waals surface area contributed by atoms with Crippen molar-refractivity contribution in [2.45, 2.75) is 0 Å². The molecule has 2 aromatic heterocycles. The van der Waals surface area contributed by atoms with Gasteiger partial charge in [0.15, 0.2) is 5.82 Å². The van der Waals surface area contributed by atoms with Crippen LogP contribution in [-0.4, -0.2) is 19.7 Å². The molecule has 0 fully saturated rings. The topological polar surface area (TPSA) is 50.4 Å². The Morgan fingerprint density at radius 1 is 1.05 bits per heavy atom. The van der Waals surface area contributed by atoms with Crippen molar-refractivity contribution < 1.29 is 5.11 Å². The van der Waals surface area contributed by atoms with Crippen LogP contribution in [0.3, 0.4) is 0 Å². The summed E-state index contributed by atoms with van der Waals surface area (Å²) >= 11 is 5.08. The maximum absolute atomic E-state index is 9.41. The van der Waals surface area contributed by atoms with Gasteiger partial charge in [-0.3, -0.25) is 0 Å². The summed E-state index contributed by atoms with van der Waals surface area (Å²) in [6, 6.07) is 15.0. The lowest BCUT2D eigenvalue weighted by Gasteiger charge is -2.00. The highest BCUT2D eigenvalue weighted by molar-refractivity contribution is 9.10. The third-order valence-electron chi connectivity index (χ3n) is 3.36. The lowest BCUT2D eigenvalue weighted by molar-refractivity contribution is 0.475. The molecule has 0 bridgehead atoms. The first-order valence-corrected chi connectivity index (χ1v) is 8.28. The molecular formula is C16H10BrN3OS. The van der Waals surface area contributed by atoms with E-state index in [0.29, 0.717) is 5.82 Å². The summed E-state index contributed by atoms with van der Waals surface area (Å²) in [4.78, 5) is 5.44. The van der Waals surface area contributed by atoms with Gasteiger partial charge in [-0.15, -0.1) is 16.4 Å². The number of rotatable bonds is 2. The summed E-state index contributed by atoms with van der Waals surface area (Å²) in [6.07, 6.45) is 0. The molecular weight excluding hydrogens is 362 g/mol. The van der Waals surface area contributed by atoms with Crippen LogP contribution in [0.4, 0.5) is 0 Å². The number of nitrogens with zero attached hydrogens (tertiary/aromatic N) is 3. The molecule has 6 heteroatoms. The zero-order valence-electron chi connectivity index (χ0n) is 11.3. The Bertz CT molecular complexity index is 959. The molecule has 0 saturated heterocycles. The molecule has 0 atom stereocenters. The van der Waals surface area contributed by atoms with Crippen LogP contribution in [0.1, 0.15) is 0 Å². The average Bonchev–Trinajstić information content (AvgIpc) is 3.09. The van der Waals surface area contributed by atoms with E-state index < -0.39 is 0 Å². The monoisotopic (exact) mass is 371 g/mol. The molecule has 4 aromatic rings. The zero-order chi connectivity index (χ0) is 15.1. The molecule has 4 rings (SSSR count). The van der Waals surface area contributed by atoms with E-state index in [1.807, 2.05) is 46.3 Å². The molecule has 4 nitrogen and oxygen atoms in total. The number of phenols is 1. The van der Waals surface area contributed by atoms with Gasteiger partial charge in [0.2, 0.25) is 4.96 Å². The molecule has 0 radical (unpaired) electrons. The van der Waals surface area contributed by atoms with Crippen LogP contribution >= 0.6 is 27.3 Å². The second kappa shape index (κ2) is 5.23. The van der Waals surface area contributed by atoms with Crippen LogP contribution in [0.2, 0.25) is 0 Å². The fourth-order valence-corrected chi connectivity index (χ4v) is 3.56. The molecule has 0 saturated carbocycles. The first-order chi connectivity index (χ1) is 10.7. The Hall–Kier alpha value is -2.18.